The number of benzene rings is 1. The minimum Gasteiger partial charge on any atom is -0.504 e. The second kappa shape index (κ2) is 8.06. The van der Waals surface area contributed by atoms with E-state index in [-0.39, 0.29) is 18.5 Å². The molecule has 6 heteroatoms. The molecule has 1 rings (SSSR count). The molecule has 0 aliphatic rings. The molecule has 0 bridgehead atoms. The van der Waals surface area contributed by atoms with Gasteiger partial charge in [-0.1, -0.05) is 0 Å². The van der Waals surface area contributed by atoms with Gasteiger partial charge in [0.2, 0.25) is 0 Å². The molecule has 23 heavy (non-hydrogen) atoms. The van der Waals surface area contributed by atoms with Gasteiger partial charge in [0.15, 0.2) is 11.5 Å². The van der Waals surface area contributed by atoms with Gasteiger partial charge in [0.1, 0.15) is 5.60 Å². The zero-order chi connectivity index (χ0) is 17.6. The molecule has 0 heterocycles. The third kappa shape index (κ3) is 6.78. The SMILES string of the molecule is CC(C)Oc1cc(CCNC(=O)OC(C)(C)C)cc(CO)c1O. The van der Waals surface area contributed by atoms with Gasteiger partial charge in [-0.05, 0) is 58.7 Å². The maximum absolute atomic E-state index is 11.6. The van der Waals surface area contributed by atoms with Crippen LogP contribution in [0.25, 0.3) is 0 Å². The van der Waals surface area contributed by atoms with E-state index >= 15 is 0 Å². The third-order valence-corrected chi connectivity index (χ3v) is 2.83. The lowest BCUT2D eigenvalue weighted by Gasteiger charge is -2.20. The lowest BCUT2D eigenvalue weighted by atomic mass is 10.1. The highest BCUT2D eigenvalue weighted by molar-refractivity contribution is 5.67. The molecular formula is C17H27NO5. The largest absolute Gasteiger partial charge is 0.504 e. The predicted molar refractivity (Wildman–Crippen MR) is 87.7 cm³/mol. The van der Waals surface area contributed by atoms with Gasteiger partial charge in [0, 0.05) is 12.1 Å². The summed E-state index contributed by atoms with van der Waals surface area (Å²) in [6, 6.07) is 3.41. The minimum atomic E-state index is -0.537. The first-order valence-electron chi connectivity index (χ1n) is 7.71. The number of phenols is 1. The first-order chi connectivity index (χ1) is 10.6. The Morgan fingerprint density at radius 2 is 1.96 bits per heavy atom. The second-order valence-electron chi connectivity index (χ2n) is 6.61. The van der Waals surface area contributed by atoms with Crippen molar-refractivity contribution >= 4 is 6.09 Å². The van der Waals surface area contributed by atoms with Crippen LogP contribution in [0.4, 0.5) is 4.79 Å². The van der Waals surface area contributed by atoms with Crippen LogP contribution in [-0.2, 0) is 17.8 Å². The van der Waals surface area contributed by atoms with E-state index in [2.05, 4.69) is 5.32 Å². The lowest BCUT2D eigenvalue weighted by Crippen LogP contribution is -2.33. The number of alkyl carbamates (subject to hydrolysis) is 1. The molecule has 0 spiro atoms. The fraction of sp³-hybridized carbons (Fsp3) is 0.588. The number of carbonyl (C=O) groups is 1. The van der Waals surface area contributed by atoms with E-state index in [1.165, 1.54) is 0 Å². The van der Waals surface area contributed by atoms with Gasteiger partial charge in [-0.25, -0.2) is 4.79 Å². The van der Waals surface area contributed by atoms with Crippen LogP contribution in [0, 0.1) is 0 Å². The van der Waals surface area contributed by atoms with E-state index in [0.717, 1.165) is 5.56 Å². The summed E-state index contributed by atoms with van der Waals surface area (Å²) < 4.78 is 10.7. The molecule has 0 fully saturated rings. The monoisotopic (exact) mass is 325 g/mol. The Morgan fingerprint density at radius 3 is 2.48 bits per heavy atom. The van der Waals surface area contributed by atoms with E-state index in [4.69, 9.17) is 9.47 Å². The van der Waals surface area contributed by atoms with Crippen LogP contribution in [0.5, 0.6) is 11.5 Å². The smallest absolute Gasteiger partial charge is 0.407 e. The van der Waals surface area contributed by atoms with E-state index < -0.39 is 11.7 Å². The molecule has 1 amide bonds. The van der Waals surface area contributed by atoms with Crippen LogP contribution in [0.2, 0.25) is 0 Å². The second-order valence-corrected chi connectivity index (χ2v) is 6.61. The van der Waals surface area contributed by atoms with E-state index in [9.17, 15) is 15.0 Å². The highest BCUT2D eigenvalue weighted by Gasteiger charge is 2.16. The average Bonchev–Trinajstić information content (AvgIpc) is 2.39. The molecule has 1 aromatic carbocycles. The fourth-order valence-corrected chi connectivity index (χ4v) is 1.96. The Labute approximate surface area is 137 Å². The van der Waals surface area contributed by atoms with Crippen LogP contribution in [0.1, 0.15) is 45.7 Å². The molecule has 130 valence electrons. The third-order valence-electron chi connectivity index (χ3n) is 2.83. The molecule has 0 aliphatic carbocycles. The van der Waals surface area contributed by atoms with Crippen molar-refractivity contribution in [1.29, 1.82) is 0 Å². The Kier molecular flexibility index (Phi) is 6.69. The number of ether oxygens (including phenoxy) is 2. The molecule has 3 N–H and O–H groups in total. The zero-order valence-corrected chi connectivity index (χ0v) is 14.5. The average molecular weight is 325 g/mol. The number of hydrogen-bond donors (Lipinski definition) is 3. The van der Waals surface area contributed by atoms with Crippen molar-refractivity contribution in [2.24, 2.45) is 0 Å². The zero-order valence-electron chi connectivity index (χ0n) is 14.5. The Balaban J connectivity index is 2.71. The number of aliphatic hydroxyl groups excluding tert-OH is 1. The highest BCUT2D eigenvalue weighted by Crippen LogP contribution is 2.32. The molecule has 0 saturated heterocycles. The number of amides is 1. The number of carbonyl (C=O) groups excluding carboxylic acids is 1. The lowest BCUT2D eigenvalue weighted by molar-refractivity contribution is 0.0528. The number of hydrogen-bond acceptors (Lipinski definition) is 5. The summed E-state index contributed by atoms with van der Waals surface area (Å²) in [7, 11) is 0. The minimum absolute atomic E-state index is 0.0509. The standard InChI is InChI=1S/C17H27NO5/c1-11(2)22-14-9-12(8-13(10-19)15(14)20)6-7-18-16(21)23-17(3,4)5/h8-9,11,19-20H,6-7,10H2,1-5H3,(H,18,21). The molecule has 1 aromatic rings. The van der Waals surface area contributed by atoms with Gasteiger partial charge in [0.05, 0.1) is 12.7 Å². The normalized spacial score (nSPS) is 11.4. The molecule has 0 radical (unpaired) electrons. The summed E-state index contributed by atoms with van der Waals surface area (Å²) in [5.41, 5.74) is 0.708. The molecule has 0 atom stereocenters. The van der Waals surface area contributed by atoms with E-state index in [0.29, 0.717) is 24.3 Å². The summed E-state index contributed by atoms with van der Waals surface area (Å²) in [5.74, 6) is 0.281. The maximum Gasteiger partial charge on any atom is 0.407 e. The van der Waals surface area contributed by atoms with E-state index in [1.54, 1.807) is 32.9 Å². The Hall–Kier alpha value is -1.95. The van der Waals surface area contributed by atoms with Crippen molar-refractivity contribution in [3.8, 4) is 11.5 Å². The van der Waals surface area contributed by atoms with Crippen LogP contribution in [-0.4, -0.2) is 34.6 Å². The summed E-state index contributed by atoms with van der Waals surface area (Å²) in [6.07, 6.45) is -0.0408. The summed E-state index contributed by atoms with van der Waals surface area (Å²) in [5, 5.41) is 22.0. The number of rotatable bonds is 6. The van der Waals surface area contributed by atoms with Crippen molar-refractivity contribution < 1.29 is 24.5 Å². The van der Waals surface area contributed by atoms with Gasteiger partial charge in [0.25, 0.3) is 0 Å². The van der Waals surface area contributed by atoms with Crippen LogP contribution >= 0.6 is 0 Å². The molecule has 0 unspecified atom stereocenters. The van der Waals surface area contributed by atoms with Crippen molar-refractivity contribution in [2.45, 2.75) is 59.4 Å². The van der Waals surface area contributed by atoms with E-state index in [1.807, 2.05) is 13.8 Å². The molecule has 0 aromatic heterocycles. The number of aromatic hydroxyl groups is 1. The van der Waals surface area contributed by atoms with Crippen molar-refractivity contribution in [3.63, 3.8) is 0 Å². The van der Waals surface area contributed by atoms with Gasteiger partial charge < -0.3 is 25.0 Å². The highest BCUT2D eigenvalue weighted by atomic mass is 16.6. The van der Waals surface area contributed by atoms with Gasteiger partial charge >= 0.3 is 6.09 Å². The quantitative estimate of drug-likeness (QED) is 0.748. The fourth-order valence-electron chi connectivity index (χ4n) is 1.96. The first-order valence-corrected chi connectivity index (χ1v) is 7.71. The number of aliphatic hydroxyl groups is 1. The van der Waals surface area contributed by atoms with Crippen molar-refractivity contribution in [3.05, 3.63) is 23.3 Å². The predicted octanol–water partition coefficient (Wildman–Crippen LogP) is 2.74. The van der Waals surface area contributed by atoms with Crippen LogP contribution in [0.15, 0.2) is 12.1 Å². The molecule has 0 saturated carbocycles. The van der Waals surface area contributed by atoms with Gasteiger partial charge in [-0.15, -0.1) is 0 Å². The summed E-state index contributed by atoms with van der Waals surface area (Å²) >= 11 is 0. The van der Waals surface area contributed by atoms with Crippen LogP contribution < -0.4 is 10.1 Å². The summed E-state index contributed by atoms with van der Waals surface area (Å²) in [6.45, 7) is 9.21. The maximum atomic E-state index is 11.6. The van der Waals surface area contributed by atoms with Gasteiger partial charge in [-0.2, -0.15) is 0 Å². The van der Waals surface area contributed by atoms with Crippen LogP contribution in [0.3, 0.4) is 0 Å². The first kappa shape index (κ1) is 19.1. The van der Waals surface area contributed by atoms with Crippen molar-refractivity contribution in [2.75, 3.05) is 6.54 Å². The van der Waals surface area contributed by atoms with Crippen molar-refractivity contribution in [1.82, 2.24) is 5.32 Å². The Bertz CT molecular complexity index is 535. The molecule has 0 aliphatic heterocycles. The topological polar surface area (TPSA) is 88.0 Å². The molecule has 6 nitrogen and oxygen atoms in total. The molecular weight excluding hydrogens is 298 g/mol. The summed E-state index contributed by atoms with van der Waals surface area (Å²) in [4.78, 5) is 11.6. The number of nitrogens with one attached hydrogen (secondary N) is 1. The van der Waals surface area contributed by atoms with Gasteiger partial charge in [-0.3, -0.25) is 0 Å². The Morgan fingerprint density at radius 1 is 1.30 bits per heavy atom.